The molecule has 0 heterocycles. The number of likely N-dealkylation sites (N-methyl/N-ethyl adjacent to an activating group) is 1. The van der Waals surface area contributed by atoms with Gasteiger partial charge in [-0.1, -0.05) is 17.7 Å². The predicted octanol–water partition coefficient (Wildman–Crippen LogP) is 3.11. The normalized spacial score (nSPS) is 13.4. The van der Waals surface area contributed by atoms with E-state index in [1.54, 1.807) is 0 Å². The van der Waals surface area contributed by atoms with Crippen molar-refractivity contribution in [2.24, 2.45) is 0 Å². The van der Waals surface area contributed by atoms with E-state index in [0.717, 1.165) is 12.2 Å². The number of ether oxygens (including phenoxy) is 1. The van der Waals surface area contributed by atoms with E-state index >= 15 is 0 Å². The SMILES string of the molecule is CC#CCC(NC)C(C)Oc1cccc(Cl)c1. The maximum atomic E-state index is 5.91. The van der Waals surface area contributed by atoms with Gasteiger partial charge in [-0.15, -0.1) is 11.8 Å². The van der Waals surface area contributed by atoms with Crippen molar-refractivity contribution in [2.45, 2.75) is 32.4 Å². The van der Waals surface area contributed by atoms with Gasteiger partial charge in [0.25, 0.3) is 0 Å². The first-order valence-corrected chi connectivity index (χ1v) is 6.04. The molecule has 0 aliphatic rings. The summed E-state index contributed by atoms with van der Waals surface area (Å²) in [5, 5.41) is 3.90. The number of halogens is 1. The van der Waals surface area contributed by atoms with E-state index in [1.165, 1.54) is 0 Å². The van der Waals surface area contributed by atoms with Crippen molar-refractivity contribution in [3.05, 3.63) is 29.3 Å². The first-order chi connectivity index (χ1) is 8.17. The Hall–Kier alpha value is -1.17. The van der Waals surface area contributed by atoms with Crippen molar-refractivity contribution in [2.75, 3.05) is 7.05 Å². The van der Waals surface area contributed by atoms with Crippen LogP contribution in [0.2, 0.25) is 5.02 Å². The van der Waals surface area contributed by atoms with Gasteiger partial charge < -0.3 is 10.1 Å². The number of hydrogen-bond acceptors (Lipinski definition) is 2. The monoisotopic (exact) mass is 251 g/mol. The number of benzene rings is 1. The smallest absolute Gasteiger partial charge is 0.121 e. The molecule has 1 aromatic rings. The van der Waals surface area contributed by atoms with E-state index in [-0.39, 0.29) is 12.1 Å². The summed E-state index contributed by atoms with van der Waals surface area (Å²) in [6.07, 6.45) is 0.814. The third-order valence-electron chi connectivity index (χ3n) is 2.55. The fourth-order valence-electron chi connectivity index (χ4n) is 1.55. The van der Waals surface area contributed by atoms with Crippen LogP contribution in [0.25, 0.3) is 0 Å². The van der Waals surface area contributed by atoms with E-state index in [2.05, 4.69) is 17.2 Å². The lowest BCUT2D eigenvalue weighted by atomic mass is 10.1. The summed E-state index contributed by atoms with van der Waals surface area (Å²) >= 11 is 5.91. The van der Waals surface area contributed by atoms with Crippen LogP contribution in [0.5, 0.6) is 5.75 Å². The van der Waals surface area contributed by atoms with Crippen molar-refractivity contribution in [3.63, 3.8) is 0 Å². The molecule has 92 valence electrons. The highest BCUT2D eigenvalue weighted by atomic mass is 35.5. The van der Waals surface area contributed by atoms with Gasteiger partial charge in [0.15, 0.2) is 0 Å². The molecule has 0 bridgehead atoms. The Morgan fingerprint density at radius 3 is 2.82 bits per heavy atom. The quantitative estimate of drug-likeness (QED) is 0.812. The molecule has 0 fully saturated rings. The molecule has 0 spiro atoms. The highest BCUT2D eigenvalue weighted by Crippen LogP contribution is 2.19. The second-order valence-electron chi connectivity index (χ2n) is 3.81. The molecule has 2 nitrogen and oxygen atoms in total. The zero-order valence-corrected chi connectivity index (χ0v) is 11.2. The molecule has 1 N–H and O–H groups in total. The molecule has 1 aromatic carbocycles. The van der Waals surface area contributed by atoms with E-state index < -0.39 is 0 Å². The lowest BCUT2D eigenvalue weighted by Crippen LogP contribution is -2.39. The summed E-state index contributed by atoms with van der Waals surface area (Å²) in [6.45, 7) is 3.87. The summed E-state index contributed by atoms with van der Waals surface area (Å²) in [6, 6.07) is 7.64. The molecule has 1 rings (SSSR count). The average molecular weight is 252 g/mol. The van der Waals surface area contributed by atoms with Gasteiger partial charge in [-0.05, 0) is 39.1 Å². The Kier molecular flexibility index (Phi) is 5.90. The molecule has 0 saturated carbocycles. The van der Waals surface area contributed by atoms with E-state index in [1.807, 2.05) is 45.2 Å². The number of rotatable bonds is 5. The molecule has 2 atom stereocenters. The Bertz CT molecular complexity index is 408. The van der Waals surface area contributed by atoms with Crippen LogP contribution in [0.4, 0.5) is 0 Å². The van der Waals surface area contributed by atoms with Crippen LogP contribution in [0.1, 0.15) is 20.3 Å². The predicted molar refractivity (Wildman–Crippen MR) is 72.5 cm³/mol. The van der Waals surface area contributed by atoms with Gasteiger partial charge in [-0.25, -0.2) is 0 Å². The molecule has 0 saturated heterocycles. The molecule has 0 aliphatic heterocycles. The molecule has 3 heteroatoms. The zero-order valence-electron chi connectivity index (χ0n) is 10.5. The highest BCUT2D eigenvalue weighted by Gasteiger charge is 2.15. The van der Waals surface area contributed by atoms with Crippen LogP contribution in [-0.2, 0) is 0 Å². The van der Waals surface area contributed by atoms with Gasteiger partial charge >= 0.3 is 0 Å². The van der Waals surface area contributed by atoms with Gasteiger partial charge in [0.05, 0.1) is 6.04 Å². The molecule has 0 amide bonds. The highest BCUT2D eigenvalue weighted by molar-refractivity contribution is 6.30. The van der Waals surface area contributed by atoms with Crippen molar-refractivity contribution < 1.29 is 4.74 Å². The number of nitrogens with one attached hydrogen (secondary N) is 1. The van der Waals surface area contributed by atoms with Crippen molar-refractivity contribution in [1.82, 2.24) is 5.32 Å². The molecular weight excluding hydrogens is 234 g/mol. The van der Waals surface area contributed by atoms with Crippen LogP contribution in [-0.4, -0.2) is 19.2 Å². The minimum atomic E-state index is 0.0410. The molecule has 0 aromatic heterocycles. The summed E-state index contributed by atoms with van der Waals surface area (Å²) in [5.41, 5.74) is 0. The summed E-state index contributed by atoms with van der Waals surface area (Å²) < 4.78 is 5.83. The largest absolute Gasteiger partial charge is 0.489 e. The van der Waals surface area contributed by atoms with Crippen LogP contribution in [0.15, 0.2) is 24.3 Å². The van der Waals surface area contributed by atoms with E-state index in [0.29, 0.717) is 5.02 Å². The molecule has 17 heavy (non-hydrogen) atoms. The van der Waals surface area contributed by atoms with Crippen molar-refractivity contribution in [1.29, 1.82) is 0 Å². The minimum Gasteiger partial charge on any atom is -0.489 e. The van der Waals surface area contributed by atoms with E-state index in [9.17, 15) is 0 Å². The second-order valence-corrected chi connectivity index (χ2v) is 4.24. The van der Waals surface area contributed by atoms with Crippen molar-refractivity contribution >= 4 is 11.6 Å². The van der Waals surface area contributed by atoms with Gasteiger partial charge in [-0.2, -0.15) is 0 Å². The third-order valence-corrected chi connectivity index (χ3v) is 2.79. The number of hydrogen-bond donors (Lipinski definition) is 1. The van der Waals surface area contributed by atoms with Gasteiger partial charge in [0, 0.05) is 11.4 Å². The maximum absolute atomic E-state index is 5.91. The minimum absolute atomic E-state index is 0.0410. The van der Waals surface area contributed by atoms with Crippen LogP contribution >= 0.6 is 11.6 Å². The standard InChI is InChI=1S/C14H18ClNO/c1-4-5-9-14(16-3)11(2)17-13-8-6-7-12(15)10-13/h6-8,10-11,14,16H,9H2,1-3H3. The Labute approximate surface area is 108 Å². The van der Waals surface area contributed by atoms with Gasteiger partial charge in [-0.3, -0.25) is 0 Å². The lowest BCUT2D eigenvalue weighted by molar-refractivity contribution is 0.176. The Balaban J connectivity index is 2.62. The van der Waals surface area contributed by atoms with Crippen molar-refractivity contribution in [3.8, 4) is 17.6 Å². The Morgan fingerprint density at radius 2 is 2.24 bits per heavy atom. The summed E-state index contributed by atoms with van der Waals surface area (Å²) in [5.74, 6) is 6.74. The second kappa shape index (κ2) is 7.21. The van der Waals surface area contributed by atoms with Gasteiger partial charge in [0.2, 0.25) is 0 Å². The topological polar surface area (TPSA) is 21.3 Å². The van der Waals surface area contributed by atoms with Crippen LogP contribution in [0, 0.1) is 11.8 Å². The van der Waals surface area contributed by atoms with Gasteiger partial charge in [0.1, 0.15) is 11.9 Å². The van der Waals surface area contributed by atoms with Crippen LogP contribution < -0.4 is 10.1 Å². The molecule has 0 aliphatic carbocycles. The summed E-state index contributed by atoms with van der Waals surface area (Å²) in [7, 11) is 1.92. The fraction of sp³-hybridized carbons (Fsp3) is 0.429. The first-order valence-electron chi connectivity index (χ1n) is 5.66. The zero-order chi connectivity index (χ0) is 12.7. The Morgan fingerprint density at radius 1 is 1.47 bits per heavy atom. The molecule has 0 radical (unpaired) electrons. The summed E-state index contributed by atoms with van der Waals surface area (Å²) in [4.78, 5) is 0. The molecule has 2 unspecified atom stereocenters. The van der Waals surface area contributed by atoms with Crippen LogP contribution in [0.3, 0.4) is 0 Å². The maximum Gasteiger partial charge on any atom is 0.121 e. The molecular formula is C14H18ClNO. The first kappa shape index (κ1) is 13.9. The lowest BCUT2D eigenvalue weighted by Gasteiger charge is -2.23. The van der Waals surface area contributed by atoms with E-state index in [4.69, 9.17) is 16.3 Å². The average Bonchev–Trinajstić information content (AvgIpc) is 2.30. The fourth-order valence-corrected chi connectivity index (χ4v) is 1.73. The third kappa shape index (κ3) is 4.68.